The molecule has 0 atom stereocenters. The van der Waals surface area contributed by atoms with E-state index in [2.05, 4.69) is 209 Å². The Hall–Kier alpha value is -7.12. The van der Waals surface area contributed by atoms with Crippen molar-refractivity contribution in [2.45, 2.75) is 0 Å². The second kappa shape index (κ2) is 13.0. The Morgan fingerprint density at radius 2 is 0.948 bits per heavy atom. The first-order valence-corrected chi connectivity index (χ1v) is 22.5. The van der Waals surface area contributed by atoms with Gasteiger partial charge in [0.2, 0.25) is 14.0 Å². The third-order valence-corrected chi connectivity index (χ3v) is 18.0. The smallest absolute Gasteiger partial charge is 0.234 e. The van der Waals surface area contributed by atoms with Gasteiger partial charge in [0.15, 0.2) is 0 Å². The Kier molecular flexibility index (Phi) is 7.39. The van der Waals surface area contributed by atoms with Crippen LogP contribution in [0, 0.1) is 0 Å². The fourth-order valence-corrected chi connectivity index (χ4v) is 15.9. The zero-order valence-electron chi connectivity index (χ0n) is 31.3. The summed E-state index contributed by atoms with van der Waals surface area (Å²) in [5, 5.41) is 12.4. The Morgan fingerprint density at radius 3 is 1.62 bits per heavy atom. The van der Waals surface area contributed by atoms with Crippen LogP contribution in [0.15, 0.2) is 206 Å². The molecule has 4 aromatic heterocycles. The summed E-state index contributed by atoms with van der Waals surface area (Å²) in [4.78, 5) is 10.9. The summed E-state index contributed by atoms with van der Waals surface area (Å²) >= 11 is 1.89. The molecule has 4 heterocycles. The topological polar surface area (TPSA) is 35.6 Å². The van der Waals surface area contributed by atoms with Crippen molar-refractivity contribution in [3.63, 3.8) is 0 Å². The van der Waals surface area contributed by atoms with Crippen LogP contribution in [0.1, 0.15) is 0 Å². The van der Waals surface area contributed by atoms with Crippen LogP contribution in [-0.4, -0.2) is 27.2 Å². The lowest BCUT2D eigenvalue weighted by atomic mass is 10.1. The van der Waals surface area contributed by atoms with Gasteiger partial charge in [-0.15, -0.1) is 11.3 Å². The van der Waals surface area contributed by atoms with Crippen LogP contribution in [0.2, 0.25) is 0 Å². The van der Waals surface area contributed by atoms with Gasteiger partial charge in [0.1, 0.15) is 0 Å². The number of para-hydroxylation sites is 3. The fraction of sp³-hybridized carbons (Fsp3) is 0. The molecule has 8 aromatic carbocycles. The molecule has 12 rings (SSSR count). The van der Waals surface area contributed by atoms with Crippen LogP contribution in [0.3, 0.4) is 0 Å². The van der Waals surface area contributed by atoms with E-state index in [1.807, 2.05) is 17.5 Å². The molecule has 0 aliphatic carbocycles. The van der Waals surface area contributed by atoms with E-state index in [-0.39, 0.29) is 0 Å². The van der Waals surface area contributed by atoms with Gasteiger partial charge < -0.3 is 4.57 Å². The van der Waals surface area contributed by atoms with Crippen molar-refractivity contribution < 1.29 is 0 Å². The molecule has 0 N–H and O–H groups in total. The van der Waals surface area contributed by atoms with Gasteiger partial charge in [-0.25, -0.2) is 9.97 Å². The molecule has 58 heavy (non-hydrogen) atoms. The summed E-state index contributed by atoms with van der Waals surface area (Å²) in [6.07, 6.45) is 1.98. The number of benzene rings is 8. The maximum Gasteiger partial charge on any atom is 0.234 e. The van der Waals surface area contributed by atoms with Crippen molar-refractivity contribution in [3.05, 3.63) is 206 Å². The lowest BCUT2D eigenvalue weighted by molar-refractivity contribution is 1.000. The molecule has 0 spiro atoms. The Morgan fingerprint density at radius 1 is 0.414 bits per heavy atom. The number of thiophene rings is 1. The molecule has 0 fully saturated rings. The molecule has 12 aromatic rings. The van der Waals surface area contributed by atoms with E-state index >= 15 is 0 Å². The van der Waals surface area contributed by atoms with Crippen molar-refractivity contribution in [3.8, 4) is 11.6 Å². The molecule has 0 saturated heterocycles. The maximum atomic E-state index is 5.79. The van der Waals surface area contributed by atoms with Crippen LogP contribution < -0.4 is 20.9 Å². The number of nitrogens with zero attached hydrogens (tertiary/aromatic N) is 4. The minimum absolute atomic E-state index is 0.669. The van der Waals surface area contributed by atoms with Crippen molar-refractivity contribution in [2.24, 2.45) is 0 Å². The van der Waals surface area contributed by atoms with Crippen LogP contribution in [0.4, 0.5) is 0 Å². The fourth-order valence-electron chi connectivity index (χ4n) is 9.58. The largest absolute Gasteiger partial charge is 0.309 e. The molecule has 4 nitrogen and oxygen atoms in total. The Balaban J connectivity index is 1.19. The van der Waals surface area contributed by atoms with Gasteiger partial charge in [-0.2, -0.15) is 0 Å². The van der Waals surface area contributed by atoms with Gasteiger partial charge in [0.25, 0.3) is 0 Å². The normalized spacial score (nSPS) is 12.1. The minimum Gasteiger partial charge on any atom is -0.309 e. The number of rotatable bonds is 6. The summed E-state index contributed by atoms with van der Waals surface area (Å²) in [6.45, 7) is 0. The summed E-state index contributed by atoms with van der Waals surface area (Å²) in [5.41, 5.74) is 5.67. The van der Waals surface area contributed by atoms with E-state index in [0.29, 0.717) is 5.95 Å². The van der Waals surface area contributed by atoms with Crippen molar-refractivity contribution in [2.75, 3.05) is 0 Å². The third kappa shape index (κ3) is 4.67. The molecule has 0 bridgehead atoms. The molecular weight excluding hydrogens is 741 g/mol. The molecular formula is C52H34N4SSi. The van der Waals surface area contributed by atoms with E-state index < -0.39 is 8.07 Å². The summed E-state index contributed by atoms with van der Waals surface area (Å²) in [7, 11) is -3.08. The van der Waals surface area contributed by atoms with Crippen molar-refractivity contribution >= 4 is 104 Å². The van der Waals surface area contributed by atoms with Crippen LogP contribution >= 0.6 is 11.3 Å². The molecule has 0 unspecified atom stereocenters. The highest BCUT2D eigenvalue weighted by Gasteiger charge is 2.45. The average Bonchev–Trinajstić information content (AvgIpc) is 3.96. The van der Waals surface area contributed by atoms with E-state index in [1.165, 1.54) is 68.3 Å². The second-order valence-corrected chi connectivity index (χ2v) is 19.7. The number of hydrogen-bond donors (Lipinski definition) is 0. The van der Waals surface area contributed by atoms with E-state index in [4.69, 9.17) is 9.97 Å². The first-order chi connectivity index (χ1) is 28.8. The SMILES string of the molecule is c1ccc(-n2c3ccccc3c3c4c5ccccc5n(-c5nccc([Si](c6ccccc6)(c6ccccc6)c6cccc7c6sc6ccccc67)n5)c4ccc32)cc1. The summed E-state index contributed by atoms with van der Waals surface area (Å²) in [5.74, 6) is 0.669. The lowest BCUT2D eigenvalue weighted by Crippen LogP contribution is -2.75. The molecule has 0 aliphatic heterocycles. The second-order valence-electron chi connectivity index (χ2n) is 14.9. The highest BCUT2D eigenvalue weighted by molar-refractivity contribution is 7.30. The molecule has 272 valence electrons. The van der Waals surface area contributed by atoms with Crippen molar-refractivity contribution in [1.82, 2.24) is 19.1 Å². The highest BCUT2D eigenvalue weighted by Crippen LogP contribution is 2.42. The van der Waals surface area contributed by atoms with Crippen LogP contribution in [0.5, 0.6) is 0 Å². The number of fused-ring (bicyclic) bond motifs is 10. The first-order valence-electron chi connectivity index (χ1n) is 19.7. The molecule has 0 radical (unpaired) electrons. The Bertz CT molecular complexity index is 3480. The van der Waals surface area contributed by atoms with Crippen LogP contribution in [-0.2, 0) is 0 Å². The zero-order chi connectivity index (χ0) is 38.2. The standard InChI is InChI=1S/C52H34N4SSi/c1-4-17-35(18-5-1)55-42-27-13-10-24-40(42)49-44(55)31-32-45-50(49)41-25-11-14-28-43(41)56(45)52-53-34-33-48(54-52)58(36-19-6-2-7-20-36,37-21-8-3-9-22-37)47-30-16-26-39-38-23-12-15-29-46(38)57-51(39)47/h1-34H. The third-order valence-electron chi connectivity index (χ3n) is 11.9. The zero-order valence-corrected chi connectivity index (χ0v) is 33.1. The monoisotopic (exact) mass is 774 g/mol. The molecule has 0 saturated carbocycles. The van der Waals surface area contributed by atoms with Crippen molar-refractivity contribution in [1.29, 1.82) is 0 Å². The summed E-state index contributed by atoms with van der Waals surface area (Å²) < 4.78 is 7.29. The van der Waals surface area contributed by atoms with Gasteiger partial charge in [-0.1, -0.05) is 152 Å². The summed E-state index contributed by atoms with van der Waals surface area (Å²) in [6, 6.07) is 72.8. The predicted octanol–water partition coefficient (Wildman–Crippen LogP) is 10.4. The van der Waals surface area contributed by atoms with Gasteiger partial charge in [-0.3, -0.25) is 4.57 Å². The molecule has 0 aliphatic rings. The van der Waals surface area contributed by atoms with Gasteiger partial charge in [-0.05, 0) is 64.1 Å². The van der Waals surface area contributed by atoms with Gasteiger partial charge in [0, 0.05) is 58.9 Å². The minimum atomic E-state index is -3.08. The van der Waals surface area contributed by atoms with E-state index in [9.17, 15) is 0 Å². The van der Waals surface area contributed by atoms with E-state index in [1.54, 1.807) is 0 Å². The highest BCUT2D eigenvalue weighted by atomic mass is 32.1. The predicted molar refractivity (Wildman–Crippen MR) is 247 cm³/mol. The molecule has 0 amide bonds. The van der Waals surface area contributed by atoms with E-state index in [0.717, 1.165) is 22.0 Å². The average molecular weight is 775 g/mol. The quantitative estimate of drug-likeness (QED) is 0.125. The lowest BCUT2D eigenvalue weighted by Gasteiger charge is -2.33. The molecule has 6 heteroatoms. The number of aromatic nitrogens is 4. The van der Waals surface area contributed by atoms with Gasteiger partial charge >= 0.3 is 0 Å². The van der Waals surface area contributed by atoms with Gasteiger partial charge in [0.05, 0.1) is 22.1 Å². The van der Waals surface area contributed by atoms with Crippen LogP contribution in [0.25, 0.3) is 75.4 Å². The Labute approximate surface area is 339 Å². The number of hydrogen-bond acceptors (Lipinski definition) is 3. The maximum absolute atomic E-state index is 5.79. The first kappa shape index (κ1) is 33.1.